The number of halogens is 1. The summed E-state index contributed by atoms with van der Waals surface area (Å²) in [4.78, 5) is 16.4. The Morgan fingerprint density at radius 3 is 2.58 bits per heavy atom. The number of allylic oxidation sites excluding steroid dienone is 4. The fraction of sp³-hybridized carbons (Fsp3) is 0.515. The highest BCUT2D eigenvalue weighted by Gasteiger charge is 2.51. The average molecular weight is 526 g/mol. The molecule has 38 heavy (non-hydrogen) atoms. The van der Waals surface area contributed by atoms with Crippen molar-refractivity contribution in [2.45, 2.75) is 111 Å². The molecule has 1 saturated carbocycles. The second-order valence-corrected chi connectivity index (χ2v) is 9.53. The zero-order chi connectivity index (χ0) is 28.4. The Hall–Kier alpha value is -2.63. The molecule has 4 nitrogen and oxygen atoms in total. The number of nitrogens with zero attached hydrogens (tertiary/aromatic N) is 1. The first-order valence-corrected chi connectivity index (χ1v) is 14.0. The van der Waals surface area contributed by atoms with Crippen LogP contribution in [0.25, 0.3) is 11.9 Å². The van der Waals surface area contributed by atoms with Gasteiger partial charge in [0.2, 0.25) is 0 Å². The van der Waals surface area contributed by atoms with Crippen molar-refractivity contribution < 1.29 is 18.7 Å². The molecule has 0 N–H and O–H groups in total. The monoisotopic (exact) mass is 525 g/mol. The summed E-state index contributed by atoms with van der Waals surface area (Å²) < 4.78 is 27.0. The number of aliphatic imine (C=N–C) groups is 1. The Morgan fingerprint density at radius 2 is 2.00 bits per heavy atom. The van der Waals surface area contributed by atoms with Gasteiger partial charge in [0.05, 0.1) is 18.8 Å². The molecule has 5 heteroatoms. The second-order valence-electron chi connectivity index (χ2n) is 9.53. The third-order valence-electron chi connectivity index (χ3n) is 6.44. The highest BCUT2D eigenvalue weighted by atomic mass is 19.1. The van der Waals surface area contributed by atoms with E-state index in [0.717, 1.165) is 36.8 Å². The highest BCUT2D eigenvalue weighted by Crippen LogP contribution is 2.41. The number of carbonyl (C=O) groups excluding carboxylic acids is 1. The van der Waals surface area contributed by atoms with Gasteiger partial charge in [-0.15, -0.1) is 0 Å². The SMILES string of the molecule is C/C=C(/F)c1c(/C=C/CC)cccc1COC1CC(OC(C)CCCC)(C(=O)CC)C1.C=CC=N/C=C\C. The van der Waals surface area contributed by atoms with Crippen LogP contribution in [0.2, 0.25) is 0 Å². The minimum absolute atomic E-state index is 0.0507. The zero-order valence-corrected chi connectivity index (χ0v) is 24.3. The smallest absolute Gasteiger partial charge is 0.164 e. The molecule has 0 saturated heterocycles. The molecule has 1 aliphatic rings. The summed E-state index contributed by atoms with van der Waals surface area (Å²) in [6.45, 7) is 15.5. The Kier molecular flexibility index (Phi) is 16.3. The molecule has 0 heterocycles. The van der Waals surface area contributed by atoms with Crippen LogP contribution in [-0.4, -0.2) is 29.8 Å². The molecule has 1 aromatic rings. The first kappa shape index (κ1) is 33.4. The molecule has 1 atom stereocenters. The maximum absolute atomic E-state index is 14.7. The van der Waals surface area contributed by atoms with Gasteiger partial charge in [-0.2, -0.15) is 0 Å². The molecular weight excluding hydrogens is 477 g/mol. The Bertz CT molecular complexity index is 970. The molecule has 210 valence electrons. The standard InChI is InChI=1S/C27H39FO3.C6H9N/c1-6-10-13-20(5)31-27(25(29)9-4)17-23(18-27)30-19-22-16-12-15-21(14-11-7-2)26(22)24(28)8-3;1-3-5-7-6-4-2/h8,11-12,14-16,20,23H,6-7,9-10,13,17-19H2,1-5H3;3-6H,1H2,2H3/b14-11+,24-8+;6-4-,7-5?. The molecule has 1 aliphatic carbocycles. The van der Waals surface area contributed by atoms with E-state index in [9.17, 15) is 9.18 Å². The summed E-state index contributed by atoms with van der Waals surface area (Å²) in [6.07, 6.45) is 18.0. The molecule has 0 aromatic heterocycles. The van der Waals surface area contributed by atoms with E-state index in [2.05, 4.69) is 32.3 Å². The van der Waals surface area contributed by atoms with Crippen LogP contribution < -0.4 is 0 Å². The molecule has 0 spiro atoms. The van der Waals surface area contributed by atoms with Crippen LogP contribution in [0.5, 0.6) is 0 Å². The van der Waals surface area contributed by atoms with Crippen molar-refractivity contribution in [2.75, 3.05) is 0 Å². The summed E-state index contributed by atoms with van der Waals surface area (Å²) in [7, 11) is 0. The van der Waals surface area contributed by atoms with Crippen LogP contribution in [0.1, 0.15) is 103 Å². The van der Waals surface area contributed by atoms with Gasteiger partial charge < -0.3 is 9.47 Å². The van der Waals surface area contributed by atoms with Crippen LogP contribution in [0.3, 0.4) is 0 Å². The molecule has 0 amide bonds. The summed E-state index contributed by atoms with van der Waals surface area (Å²) in [5.74, 6) is -0.0878. The van der Waals surface area contributed by atoms with E-state index in [4.69, 9.17) is 9.47 Å². The number of unbranched alkanes of at least 4 members (excludes halogenated alkanes) is 1. The summed E-state index contributed by atoms with van der Waals surface area (Å²) in [5, 5.41) is 0. The van der Waals surface area contributed by atoms with Crippen molar-refractivity contribution >= 4 is 23.9 Å². The number of benzene rings is 1. The largest absolute Gasteiger partial charge is 0.373 e. The van der Waals surface area contributed by atoms with E-state index in [1.807, 2.05) is 50.3 Å². The maximum Gasteiger partial charge on any atom is 0.164 e. The van der Waals surface area contributed by atoms with E-state index in [1.165, 1.54) is 6.08 Å². The number of Topliss-reactive ketones (excluding diaryl/α,β-unsaturated/α-hetero) is 1. The highest BCUT2D eigenvalue weighted by molar-refractivity contribution is 5.88. The first-order chi connectivity index (χ1) is 18.3. The van der Waals surface area contributed by atoms with E-state index < -0.39 is 5.60 Å². The fourth-order valence-electron chi connectivity index (χ4n) is 4.40. The Balaban J connectivity index is 0.000000905. The molecular formula is C33H48FNO3. The van der Waals surface area contributed by atoms with Crippen LogP contribution in [0.15, 0.2) is 60.3 Å². The van der Waals surface area contributed by atoms with Crippen LogP contribution in [0, 0.1) is 0 Å². The number of hydrogen-bond donors (Lipinski definition) is 0. The van der Waals surface area contributed by atoms with Crippen LogP contribution in [0.4, 0.5) is 4.39 Å². The average Bonchev–Trinajstić information content (AvgIpc) is 2.91. The summed E-state index contributed by atoms with van der Waals surface area (Å²) >= 11 is 0. The Morgan fingerprint density at radius 1 is 1.26 bits per heavy atom. The molecule has 1 aromatic carbocycles. The molecule has 0 bridgehead atoms. The predicted molar refractivity (Wildman–Crippen MR) is 160 cm³/mol. The van der Waals surface area contributed by atoms with Gasteiger partial charge in [-0.1, -0.05) is 88.8 Å². The molecule has 0 radical (unpaired) electrons. The summed E-state index contributed by atoms with van der Waals surface area (Å²) in [5.41, 5.74) is 1.56. The minimum atomic E-state index is -0.713. The van der Waals surface area contributed by atoms with E-state index in [0.29, 0.717) is 31.4 Å². The second kappa shape index (κ2) is 18.6. The van der Waals surface area contributed by atoms with Crippen molar-refractivity contribution in [3.05, 3.63) is 72.0 Å². The van der Waals surface area contributed by atoms with Gasteiger partial charge in [0.25, 0.3) is 0 Å². The Labute approximate surface area is 230 Å². The number of carbonyl (C=O) groups is 1. The van der Waals surface area contributed by atoms with E-state index in [-0.39, 0.29) is 23.8 Å². The van der Waals surface area contributed by atoms with Gasteiger partial charge in [0.1, 0.15) is 11.4 Å². The third-order valence-corrected chi connectivity index (χ3v) is 6.44. The van der Waals surface area contributed by atoms with Gasteiger partial charge in [-0.05, 0) is 44.7 Å². The minimum Gasteiger partial charge on any atom is -0.373 e. The number of hydrogen-bond acceptors (Lipinski definition) is 4. The lowest BCUT2D eigenvalue weighted by atomic mass is 9.73. The van der Waals surface area contributed by atoms with Crippen molar-refractivity contribution in [3.8, 4) is 0 Å². The van der Waals surface area contributed by atoms with Gasteiger partial charge in [0, 0.05) is 37.2 Å². The zero-order valence-electron chi connectivity index (χ0n) is 24.3. The normalized spacial score (nSPS) is 20.4. The lowest BCUT2D eigenvalue weighted by Crippen LogP contribution is -2.57. The third kappa shape index (κ3) is 10.6. The number of ether oxygens (including phenoxy) is 2. The van der Waals surface area contributed by atoms with Gasteiger partial charge >= 0.3 is 0 Å². The lowest BCUT2D eigenvalue weighted by Gasteiger charge is -2.47. The molecule has 2 rings (SSSR count). The van der Waals surface area contributed by atoms with Gasteiger partial charge in [0.15, 0.2) is 5.78 Å². The first-order valence-electron chi connectivity index (χ1n) is 14.0. The van der Waals surface area contributed by atoms with Crippen molar-refractivity contribution in [1.82, 2.24) is 0 Å². The van der Waals surface area contributed by atoms with Crippen LogP contribution >= 0.6 is 0 Å². The quantitative estimate of drug-likeness (QED) is 0.214. The number of rotatable bonds is 15. The lowest BCUT2D eigenvalue weighted by molar-refractivity contribution is -0.200. The molecule has 1 unspecified atom stereocenters. The van der Waals surface area contributed by atoms with Crippen molar-refractivity contribution in [2.24, 2.45) is 4.99 Å². The van der Waals surface area contributed by atoms with Crippen molar-refractivity contribution in [1.29, 1.82) is 0 Å². The molecule has 0 aliphatic heterocycles. The predicted octanol–water partition coefficient (Wildman–Crippen LogP) is 9.21. The van der Waals surface area contributed by atoms with E-state index >= 15 is 0 Å². The number of ketones is 1. The van der Waals surface area contributed by atoms with E-state index in [1.54, 1.807) is 25.4 Å². The van der Waals surface area contributed by atoms with Crippen LogP contribution in [-0.2, 0) is 20.9 Å². The fourth-order valence-corrected chi connectivity index (χ4v) is 4.40. The van der Waals surface area contributed by atoms with Gasteiger partial charge in [-0.25, -0.2) is 4.39 Å². The van der Waals surface area contributed by atoms with Crippen molar-refractivity contribution in [3.63, 3.8) is 0 Å². The van der Waals surface area contributed by atoms with Gasteiger partial charge in [-0.3, -0.25) is 9.79 Å². The summed E-state index contributed by atoms with van der Waals surface area (Å²) in [6, 6.07) is 5.77. The maximum atomic E-state index is 14.7. The topological polar surface area (TPSA) is 47.9 Å². The molecule has 1 fully saturated rings.